The van der Waals surface area contributed by atoms with E-state index in [1.165, 1.54) is 0 Å². The highest BCUT2D eigenvalue weighted by atomic mass is 16.7. The molecule has 6 atom stereocenters. The quantitative estimate of drug-likeness (QED) is 0.512. The predicted octanol–water partition coefficient (Wildman–Crippen LogP) is 1.59. The Morgan fingerprint density at radius 1 is 1.00 bits per heavy atom. The third kappa shape index (κ3) is 0.471. The first kappa shape index (κ1) is 7.34. The Hall–Kier alpha value is -0.0800. The van der Waals surface area contributed by atoms with Crippen LogP contribution in [-0.4, -0.2) is 23.4 Å². The van der Waals surface area contributed by atoms with Crippen LogP contribution in [-0.2, 0) is 9.47 Å². The molecule has 0 amide bonds. The fraction of sp³-hybridized carbons (Fsp3) is 1.00. The summed E-state index contributed by atoms with van der Waals surface area (Å²) in [5, 5.41) is 0. The van der Waals surface area contributed by atoms with E-state index in [0.717, 1.165) is 0 Å². The highest BCUT2D eigenvalue weighted by Crippen LogP contribution is 2.66. The average molecular weight is 168 g/mol. The van der Waals surface area contributed by atoms with Crippen molar-refractivity contribution < 1.29 is 9.47 Å². The van der Waals surface area contributed by atoms with Crippen molar-refractivity contribution in [2.45, 2.75) is 51.1 Å². The summed E-state index contributed by atoms with van der Waals surface area (Å²) in [6.07, 6.45) is 0.767. The highest BCUT2D eigenvalue weighted by Gasteiger charge is 2.80. The molecule has 2 nitrogen and oxygen atoms in total. The van der Waals surface area contributed by atoms with E-state index in [1.54, 1.807) is 0 Å². The van der Waals surface area contributed by atoms with Gasteiger partial charge in [-0.1, -0.05) is 13.8 Å². The van der Waals surface area contributed by atoms with Gasteiger partial charge in [-0.05, 0) is 25.7 Å². The summed E-state index contributed by atoms with van der Waals surface area (Å²) in [5.74, 6) is 1.29. The van der Waals surface area contributed by atoms with Gasteiger partial charge in [0.05, 0.1) is 6.10 Å². The van der Waals surface area contributed by atoms with Gasteiger partial charge in [-0.25, -0.2) is 0 Å². The number of rotatable bonds is 0. The van der Waals surface area contributed by atoms with Gasteiger partial charge in [0.2, 0.25) is 0 Å². The molecular formula is C10H16O2. The van der Waals surface area contributed by atoms with Gasteiger partial charge < -0.3 is 9.47 Å². The van der Waals surface area contributed by atoms with Gasteiger partial charge in [0.1, 0.15) is 17.3 Å². The normalized spacial score (nSPS) is 73.0. The largest absolute Gasteiger partial charge is 0.366 e. The molecule has 0 saturated carbocycles. The lowest BCUT2D eigenvalue weighted by molar-refractivity contribution is -0.0823. The average Bonchev–Trinajstić information content (AvgIpc) is 2.60. The monoisotopic (exact) mass is 168 g/mol. The van der Waals surface area contributed by atoms with Crippen LogP contribution < -0.4 is 0 Å². The summed E-state index contributed by atoms with van der Waals surface area (Å²) in [6.45, 7) is 8.97. The Labute approximate surface area is 73.2 Å². The molecule has 12 heavy (non-hydrogen) atoms. The Bertz CT molecular complexity index is 248. The van der Waals surface area contributed by atoms with Crippen molar-refractivity contribution in [3.8, 4) is 0 Å². The third-order valence-electron chi connectivity index (χ3n) is 4.70. The molecule has 0 N–H and O–H groups in total. The lowest BCUT2D eigenvalue weighted by Crippen LogP contribution is -2.46. The van der Waals surface area contributed by atoms with Crippen LogP contribution >= 0.6 is 0 Å². The van der Waals surface area contributed by atoms with Gasteiger partial charge in [0.15, 0.2) is 0 Å². The van der Waals surface area contributed by atoms with E-state index >= 15 is 0 Å². The van der Waals surface area contributed by atoms with Gasteiger partial charge in [-0.15, -0.1) is 0 Å². The molecule has 0 aromatic carbocycles. The fourth-order valence-electron chi connectivity index (χ4n) is 3.20. The molecule has 3 heterocycles. The van der Waals surface area contributed by atoms with Gasteiger partial charge in [0, 0.05) is 0 Å². The van der Waals surface area contributed by atoms with E-state index < -0.39 is 0 Å². The number of fused-ring (bicyclic) bond motifs is 5. The Balaban J connectivity index is 2.08. The minimum absolute atomic E-state index is 0.0122. The minimum Gasteiger partial charge on any atom is -0.366 e. The lowest BCUT2D eigenvalue weighted by Gasteiger charge is -2.32. The fourth-order valence-corrected chi connectivity index (χ4v) is 3.20. The maximum atomic E-state index is 6.02. The number of hydrogen-bond acceptors (Lipinski definition) is 2. The van der Waals surface area contributed by atoms with E-state index in [0.29, 0.717) is 24.0 Å². The van der Waals surface area contributed by atoms with Crippen LogP contribution in [0.1, 0.15) is 27.7 Å². The van der Waals surface area contributed by atoms with Crippen LogP contribution in [0.2, 0.25) is 0 Å². The second-order valence-electron chi connectivity index (χ2n) is 4.98. The number of epoxide rings is 1. The van der Waals surface area contributed by atoms with E-state index in [9.17, 15) is 0 Å². The SMILES string of the molecule is C[C@@H]1[C@@H]2O[C@](C)([C@@H]1C)[C@@]1(C)O[C@@H]21. The first-order valence-corrected chi connectivity index (χ1v) is 4.86. The predicted molar refractivity (Wildman–Crippen MR) is 44.9 cm³/mol. The molecule has 0 unspecified atom stereocenters. The molecule has 2 heteroatoms. The van der Waals surface area contributed by atoms with Crippen molar-refractivity contribution in [2.75, 3.05) is 0 Å². The van der Waals surface area contributed by atoms with Crippen LogP contribution in [0.5, 0.6) is 0 Å². The second-order valence-corrected chi connectivity index (χ2v) is 4.98. The van der Waals surface area contributed by atoms with Crippen molar-refractivity contribution in [3.05, 3.63) is 0 Å². The Kier molecular flexibility index (Phi) is 0.978. The molecule has 3 rings (SSSR count). The molecule has 0 radical (unpaired) electrons. The van der Waals surface area contributed by atoms with E-state index in [2.05, 4.69) is 27.7 Å². The number of hydrogen-bond donors (Lipinski definition) is 0. The van der Waals surface area contributed by atoms with Gasteiger partial charge in [0.25, 0.3) is 0 Å². The zero-order chi connectivity index (χ0) is 8.72. The molecule has 0 aromatic heterocycles. The maximum Gasteiger partial charge on any atom is 0.123 e. The van der Waals surface area contributed by atoms with Crippen molar-refractivity contribution in [2.24, 2.45) is 11.8 Å². The molecule has 3 fully saturated rings. The molecule has 3 saturated heterocycles. The van der Waals surface area contributed by atoms with Crippen molar-refractivity contribution in [1.82, 2.24) is 0 Å². The summed E-state index contributed by atoms with van der Waals surface area (Å²) in [5.41, 5.74) is 0.0331. The van der Waals surface area contributed by atoms with Crippen LogP contribution in [0.25, 0.3) is 0 Å². The summed E-state index contributed by atoms with van der Waals surface area (Å²) in [7, 11) is 0. The van der Waals surface area contributed by atoms with Gasteiger partial charge in [-0.3, -0.25) is 0 Å². The maximum absolute atomic E-state index is 6.02. The van der Waals surface area contributed by atoms with Crippen molar-refractivity contribution in [3.63, 3.8) is 0 Å². The Morgan fingerprint density at radius 2 is 1.67 bits per heavy atom. The first-order valence-electron chi connectivity index (χ1n) is 4.86. The number of ether oxygens (including phenoxy) is 2. The van der Waals surface area contributed by atoms with Gasteiger partial charge in [-0.2, -0.15) is 0 Å². The molecule has 2 bridgehead atoms. The molecule has 0 aromatic rings. The van der Waals surface area contributed by atoms with Crippen LogP contribution in [0, 0.1) is 11.8 Å². The zero-order valence-electron chi connectivity index (χ0n) is 8.13. The van der Waals surface area contributed by atoms with Crippen molar-refractivity contribution >= 4 is 0 Å². The Morgan fingerprint density at radius 3 is 2.17 bits per heavy atom. The first-order chi connectivity index (χ1) is 5.51. The van der Waals surface area contributed by atoms with Crippen LogP contribution in [0.3, 0.4) is 0 Å². The standard InChI is InChI=1S/C10H16O2/c1-5-6(2)9(3)10(4)8(12-10)7(5)11-9/h5-8H,1-4H3/t5-,6+,7-,8-,9+,10-/m0/s1. The van der Waals surface area contributed by atoms with E-state index in [-0.39, 0.29) is 11.2 Å². The summed E-state index contributed by atoms with van der Waals surface area (Å²) >= 11 is 0. The van der Waals surface area contributed by atoms with Crippen molar-refractivity contribution in [1.29, 1.82) is 0 Å². The minimum atomic E-state index is -0.0122. The zero-order valence-corrected chi connectivity index (χ0v) is 8.13. The lowest BCUT2D eigenvalue weighted by atomic mass is 9.69. The molecule has 0 aliphatic carbocycles. The van der Waals surface area contributed by atoms with E-state index in [4.69, 9.17) is 9.47 Å². The summed E-state index contributed by atoms with van der Waals surface area (Å²) in [6, 6.07) is 0. The molecular weight excluding hydrogens is 152 g/mol. The molecule has 68 valence electrons. The van der Waals surface area contributed by atoms with Crippen LogP contribution in [0.4, 0.5) is 0 Å². The van der Waals surface area contributed by atoms with E-state index in [1.807, 2.05) is 0 Å². The summed E-state index contributed by atoms with van der Waals surface area (Å²) < 4.78 is 11.8. The molecule has 0 spiro atoms. The summed E-state index contributed by atoms with van der Waals surface area (Å²) in [4.78, 5) is 0. The third-order valence-corrected chi connectivity index (χ3v) is 4.70. The van der Waals surface area contributed by atoms with Gasteiger partial charge >= 0.3 is 0 Å². The second kappa shape index (κ2) is 1.60. The highest BCUT2D eigenvalue weighted by molar-refractivity contribution is 5.27. The molecule has 3 aliphatic rings. The van der Waals surface area contributed by atoms with Crippen LogP contribution in [0.15, 0.2) is 0 Å². The smallest absolute Gasteiger partial charge is 0.123 e. The molecule has 3 aliphatic heterocycles. The topological polar surface area (TPSA) is 21.8 Å².